The number of morpholine rings is 1. The molecule has 0 bridgehead atoms. The van der Waals surface area contributed by atoms with Crippen molar-refractivity contribution in [1.29, 1.82) is 0 Å². The van der Waals surface area contributed by atoms with Crippen LogP contribution in [0.5, 0.6) is 0 Å². The van der Waals surface area contributed by atoms with Gasteiger partial charge >= 0.3 is 12.1 Å². The molecule has 5 nitrogen and oxygen atoms in total. The first kappa shape index (κ1) is 19.0. The number of hydrogen-bond donors (Lipinski definition) is 2. The zero-order chi connectivity index (χ0) is 18.9. The Morgan fingerprint density at radius 3 is 2.85 bits per heavy atom. The van der Waals surface area contributed by atoms with E-state index >= 15 is 0 Å². The molecular formula is C17H19ClF3N2O3+. The second-order valence-corrected chi connectivity index (χ2v) is 7.05. The minimum Gasteiger partial charge on any atom is -0.455 e. The van der Waals surface area contributed by atoms with Crippen molar-refractivity contribution in [1.82, 2.24) is 0 Å². The van der Waals surface area contributed by atoms with Gasteiger partial charge in [0.15, 0.2) is 6.04 Å². The predicted molar refractivity (Wildman–Crippen MR) is 87.9 cm³/mol. The van der Waals surface area contributed by atoms with Crippen LogP contribution in [0.2, 0.25) is 5.02 Å². The van der Waals surface area contributed by atoms with E-state index in [1.54, 1.807) is 0 Å². The normalized spacial score (nSPS) is 26.0. The van der Waals surface area contributed by atoms with E-state index in [2.05, 4.69) is 5.32 Å². The van der Waals surface area contributed by atoms with E-state index in [-0.39, 0.29) is 18.2 Å². The molecule has 3 rings (SSSR count). The largest absolute Gasteiger partial charge is 0.455 e. The van der Waals surface area contributed by atoms with Crippen LogP contribution in [0, 0.1) is 0 Å². The van der Waals surface area contributed by atoms with Crippen molar-refractivity contribution >= 4 is 29.2 Å². The number of quaternary nitrogens is 1. The van der Waals surface area contributed by atoms with Crippen LogP contribution >= 0.6 is 11.6 Å². The van der Waals surface area contributed by atoms with Gasteiger partial charge in [0.2, 0.25) is 5.91 Å². The number of piperidine rings is 1. The maximum atomic E-state index is 12.9. The maximum Gasteiger partial charge on any atom is 0.417 e. The summed E-state index contributed by atoms with van der Waals surface area (Å²) in [5.41, 5.74) is -1.03. The standard InChI is InChI=1S/C17H18ClF3N2O3/c18-13-5-4-10(7-12(13)17(19,20)21)22-15(24)8-14-16(25)26-9-11-3-1-2-6-23(11)14/h4-5,7,11,14H,1-3,6,8-9H2,(H,22,24)/p+1/t11-,14-/m1/s1. The molecule has 1 aromatic rings. The number of ether oxygens (including phenoxy) is 1. The van der Waals surface area contributed by atoms with Gasteiger partial charge in [0.1, 0.15) is 12.6 Å². The summed E-state index contributed by atoms with van der Waals surface area (Å²) in [4.78, 5) is 25.4. The molecule has 0 spiro atoms. The SMILES string of the molecule is O=C(C[C@@H]1C(=O)OC[C@H]2CCCC[NH+]21)Nc1ccc(Cl)c(C(F)(F)F)c1. The van der Waals surface area contributed by atoms with Crippen LogP contribution in [-0.4, -0.2) is 37.1 Å². The smallest absolute Gasteiger partial charge is 0.417 e. The van der Waals surface area contributed by atoms with E-state index in [1.807, 2.05) is 0 Å². The van der Waals surface area contributed by atoms with Gasteiger partial charge in [0.05, 0.1) is 23.6 Å². The fourth-order valence-corrected chi connectivity index (χ4v) is 3.85. The third kappa shape index (κ3) is 4.12. The monoisotopic (exact) mass is 391 g/mol. The van der Waals surface area contributed by atoms with Crippen molar-refractivity contribution in [2.75, 3.05) is 18.5 Å². The molecule has 1 unspecified atom stereocenters. The minimum atomic E-state index is -4.61. The number of rotatable bonds is 3. The molecule has 0 aliphatic carbocycles. The van der Waals surface area contributed by atoms with E-state index in [9.17, 15) is 22.8 Å². The second-order valence-electron chi connectivity index (χ2n) is 6.64. The fourth-order valence-electron chi connectivity index (χ4n) is 3.63. The van der Waals surface area contributed by atoms with Crippen LogP contribution in [-0.2, 0) is 20.5 Å². The van der Waals surface area contributed by atoms with E-state index in [0.717, 1.165) is 42.8 Å². The fraction of sp³-hybridized carbons (Fsp3) is 0.529. The molecule has 9 heteroatoms. The van der Waals surface area contributed by atoms with Gasteiger partial charge in [-0.25, -0.2) is 4.79 Å². The zero-order valence-electron chi connectivity index (χ0n) is 13.9. The Bertz CT molecular complexity index is 711. The third-order valence-corrected chi connectivity index (χ3v) is 5.23. The number of halogens is 4. The van der Waals surface area contributed by atoms with Crippen LogP contribution in [0.25, 0.3) is 0 Å². The first-order valence-corrected chi connectivity index (χ1v) is 8.82. The average Bonchev–Trinajstić information content (AvgIpc) is 2.58. The van der Waals surface area contributed by atoms with Gasteiger partial charge in [-0.3, -0.25) is 4.79 Å². The number of cyclic esters (lactones) is 1. The van der Waals surface area contributed by atoms with E-state index < -0.39 is 34.7 Å². The number of nitrogens with one attached hydrogen (secondary N) is 2. The molecule has 2 aliphatic heterocycles. The lowest BCUT2D eigenvalue weighted by molar-refractivity contribution is -0.951. The molecule has 142 valence electrons. The lowest BCUT2D eigenvalue weighted by Gasteiger charge is -2.40. The molecule has 2 fully saturated rings. The number of amides is 1. The van der Waals surface area contributed by atoms with Gasteiger partial charge in [-0.1, -0.05) is 11.6 Å². The highest BCUT2D eigenvalue weighted by Crippen LogP contribution is 2.36. The number of carbonyl (C=O) groups is 2. The first-order chi connectivity index (χ1) is 12.3. The summed E-state index contributed by atoms with van der Waals surface area (Å²) in [5, 5.41) is 1.99. The van der Waals surface area contributed by atoms with Gasteiger partial charge in [0, 0.05) is 12.1 Å². The van der Waals surface area contributed by atoms with Crippen LogP contribution in [0.1, 0.15) is 31.2 Å². The highest BCUT2D eigenvalue weighted by molar-refractivity contribution is 6.31. The van der Waals surface area contributed by atoms with Crippen molar-refractivity contribution in [2.24, 2.45) is 0 Å². The van der Waals surface area contributed by atoms with Crippen LogP contribution in [0.4, 0.5) is 18.9 Å². The highest BCUT2D eigenvalue weighted by Gasteiger charge is 2.44. The summed E-state index contributed by atoms with van der Waals surface area (Å²) < 4.78 is 43.9. The number of fused-ring (bicyclic) bond motifs is 1. The zero-order valence-corrected chi connectivity index (χ0v) is 14.6. The molecule has 2 saturated heterocycles. The second kappa shape index (κ2) is 7.44. The quantitative estimate of drug-likeness (QED) is 0.775. The van der Waals surface area contributed by atoms with Gasteiger partial charge < -0.3 is 15.0 Å². The Morgan fingerprint density at radius 2 is 2.12 bits per heavy atom. The number of esters is 1. The molecule has 2 N–H and O–H groups in total. The lowest BCUT2D eigenvalue weighted by atomic mass is 9.97. The molecule has 26 heavy (non-hydrogen) atoms. The summed E-state index contributed by atoms with van der Waals surface area (Å²) in [5.74, 6) is -0.957. The van der Waals surface area contributed by atoms with Gasteiger partial charge in [0.25, 0.3) is 0 Å². The van der Waals surface area contributed by atoms with Crippen LogP contribution < -0.4 is 10.2 Å². The maximum absolute atomic E-state index is 12.9. The Hall–Kier alpha value is -1.80. The topological polar surface area (TPSA) is 59.8 Å². The molecular weight excluding hydrogens is 373 g/mol. The molecule has 1 amide bonds. The summed E-state index contributed by atoms with van der Waals surface area (Å²) >= 11 is 5.57. The number of carbonyl (C=O) groups excluding carboxylic acids is 2. The summed E-state index contributed by atoms with van der Waals surface area (Å²) in [6.45, 7) is 1.15. The number of benzene rings is 1. The van der Waals surface area contributed by atoms with Crippen molar-refractivity contribution in [3.8, 4) is 0 Å². The molecule has 0 radical (unpaired) electrons. The Labute approximate surface area is 153 Å². The number of hydrogen-bond acceptors (Lipinski definition) is 3. The first-order valence-electron chi connectivity index (χ1n) is 8.44. The predicted octanol–water partition coefficient (Wildman–Crippen LogP) is 2.05. The molecule has 2 heterocycles. The van der Waals surface area contributed by atoms with Crippen LogP contribution in [0.3, 0.4) is 0 Å². The molecule has 3 atom stereocenters. The molecule has 0 aromatic heterocycles. The van der Waals surface area contributed by atoms with E-state index in [4.69, 9.17) is 16.3 Å². The summed E-state index contributed by atoms with van der Waals surface area (Å²) in [6, 6.07) is 2.73. The number of anilines is 1. The Kier molecular flexibility index (Phi) is 5.43. The van der Waals surface area contributed by atoms with Gasteiger partial charge in [-0.2, -0.15) is 13.2 Å². The molecule has 2 aliphatic rings. The summed E-state index contributed by atoms with van der Waals surface area (Å²) in [6.07, 6.45) is -1.77. The van der Waals surface area contributed by atoms with Crippen LogP contribution in [0.15, 0.2) is 18.2 Å². The molecule has 0 saturated carbocycles. The van der Waals surface area contributed by atoms with Gasteiger partial charge in [-0.05, 0) is 31.0 Å². The van der Waals surface area contributed by atoms with E-state index in [1.165, 1.54) is 6.07 Å². The summed E-state index contributed by atoms with van der Waals surface area (Å²) in [7, 11) is 0. The lowest BCUT2D eigenvalue weighted by Crippen LogP contribution is -3.22. The van der Waals surface area contributed by atoms with Crippen molar-refractivity contribution in [2.45, 2.75) is 43.9 Å². The third-order valence-electron chi connectivity index (χ3n) is 4.90. The van der Waals surface area contributed by atoms with Crippen molar-refractivity contribution in [3.63, 3.8) is 0 Å². The Morgan fingerprint density at radius 1 is 1.35 bits per heavy atom. The van der Waals surface area contributed by atoms with Crippen molar-refractivity contribution < 1.29 is 32.4 Å². The molecule has 1 aromatic carbocycles. The van der Waals surface area contributed by atoms with Crippen molar-refractivity contribution in [3.05, 3.63) is 28.8 Å². The highest BCUT2D eigenvalue weighted by atomic mass is 35.5. The minimum absolute atomic E-state index is 0.0129. The number of alkyl halides is 3. The average molecular weight is 392 g/mol. The Balaban J connectivity index is 1.69. The van der Waals surface area contributed by atoms with Gasteiger partial charge in [-0.15, -0.1) is 0 Å². The van der Waals surface area contributed by atoms with E-state index in [0.29, 0.717) is 6.61 Å².